The molecular formula is C20H23F4N5O7. The van der Waals surface area contributed by atoms with Crippen LogP contribution >= 0.6 is 0 Å². The fourth-order valence-electron chi connectivity index (χ4n) is 4.18. The summed E-state index contributed by atoms with van der Waals surface area (Å²) in [7, 11) is 1.26. The molecule has 2 N–H and O–H groups in total. The van der Waals surface area contributed by atoms with Crippen molar-refractivity contribution < 1.29 is 46.1 Å². The number of imidazole rings is 1. The van der Waals surface area contributed by atoms with Crippen LogP contribution < -0.4 is 16.2 Å². The molecule has 198 valence electrons. The number of aromatic nitrogens is 4. The highest BCUT2D eigenvalue weighted by Crippen LogP contribution is 2.42. The lowest BCUT2D eigenvalue weighted by Crippen LogP contribution is -2.47. The highest BCUT2D eigenvalue weighted by molar-refractivity contribution is 5.78. The second-order valence-corrected chi connectivity index (χ2v) is 8.55. The summed E-state index contributed by atoms with van der Waals surface area (Å²) >= 11 is 0. The van der Waals surface area contributed by atoms with E-state index in [1.807, 2.05) is 0 Å². The molecule has 0 radical (unpaired) electrons. The third-order valence-corrected chi connectivity index (χ3v) is 5.79. The number of carbonyl (C=O) groups is 2. The van der Waals surface area contributed by atoms with Gasteiger partial charge in [-0.15, -0.1) is 0 Å². The number of esters is 2. The fraction of sp³-hybridized carbons (Fsp3) is 0.650. The molecule has 0 spiro atoms. The van der Waals surface area contributed by atoms with Gasteiger partial charge >= 0.3 is 23.8 Å². The Morgan fingerprint density at radius 1 is 1.22 bits per heavy atom. The number of alkyl halides is 4. The second-order valence-electron chi connectivity index (χ2n) is 8.55. The molecule has 2 aliphatic rings. The lowest BCUT2D eigenvalue weighted by atomic mass is 10.1. The van der Waals surface area contributed by atoms with Crippen molar-refractivity contribution in [2.75, 3.05) is 12.8 Å². The van der Waals surface area contributed by atoms with Gasteiger partial charge < -0.3 is 24.7 Å². The minimum absolute atomic E-state index is 0.0555. The van der Waals surface area contributed by atoms with Crippen LogP contribution in [-0.4, -0.2) is 68.8 Å². The molecule has 12 nitrogen and oxygen atoms in total. The third kappa shape index (κ3) is 4.68. The predicted octanol–water partition coefficient (Wildman–Crippen LogP) is 1.25. The van der Waals surface area contributed by atoms with Gasteiger partial charge in [-0.05, 0) is 18.8 Å². The van der Waals surface area contributed by atoms with E-state index in [4.69, 9.17) is 19.9 Å². The summed E-state index contributed by atoms with van der Waals surface area (Å²) in [4.78, 5) is 44.5. The molecular weight excluding hydrogens is 498 g/mol. The van der Waals surface area contributed by atoms with Crippen molar-refractivity contribution in [1.29, 1.82) is 0 Å². The van der Waals surface area contributed by atoms with Crippen LogP contribution in [0.15, 0.2) is 4.79 Å². The number of fused-ring (bicyclic) bond motifs is 1. The van der Waals surface area contributed by atoms with E-state index in [-0.39, 0.29) is 35.5 Å². The van der Waals surface area contributed by atoms with Gasteiger partial charge in [0.2, 0.25) is 17.9 Å². The number of nitrogens with zero attached hydrogens (tertiary/aromatic N) is 4. The average Bonchev–Trinajstić information content (AvgIpc) is 3.49. The van der Waals surface area contributed by atoms with E-state index in [0.717, 1.165) is 24.3 Å². The highest BCUT2D eigenvalue weighted by Gasteiger charge is 2.60. The number of hydrogen-bond donors (Lipinski definition) is 1. The molecule has 16 heteroatoms. The summed E-state index contributed by atoms with van der Waals surface area (Å²) < 4.78 is 78.4. The Morgan fingerprint density at radius 2 is 1.89 bits per heavy atom. The number of rotatable bonds is 7. The van der Waals surface area contributed by atoms with Crippen LogP contribution in [-0.2, 0) is 30.3 Å². The zero-order valence-corrected chi connectivity index (χ0v) is 19.3. The van der Waals surface area contributed by atoms with Crippen LogP contribution in [0.4, 0.5) is 23.5 Å². The molecule has 1 saturated carbocycles. The number of carbonyl (C=O) groups excluding carboxylic acids is 2. The van der Waals surface area contributed by atoms with Crippen molar-refractivity contribution in [3.63, 3.8) is 0 Å². The van der Waals surface area contributed by atoms with Gasteiger partial charge in [0.25, 0.3) is 0 Å². The lowest BCUT2D eigenvalue weighted by molar-refractivity contribution is -0.252. The Labute approximate surface area is 200 Å². The Bertz CT molecular complexity index is 1240. The first-order chi connectivity index (χ1) is 16.8. The van der Waals surface area contributed by atoms with Gasteiger partial charge in [0.15, 0.2) is 29.7 Å². The van der Waals surface area contributed by atoms with E-state index < -0.39 is 54.5 Å². The Balaban J connectivity index is 1.89. The minimum Gasteiger partial charge on any atom is -0.479 e. The molecule has 1 aliphatic heterocycles. The topological polar surface area (TPSA) is 150 Å². The maximum absolute atomic E-state index is 15.5. The van der Waals surface area contributed by atoms with Gasteiger partial charge in [-0.2, -0.15) is 23.1 Å². The molecule has 4 rings (SSSR count). The summed E-state index contributed by atoms with van der Waals surface area (Å²) in [6.07, 6.45) is -15.7. The van der Waals surface area contributed by atoms with E-state index in [1.165, 1.54) is 11.7 Å². The average molecular weight is 521 g/mol. The van der Waals surface area contributed by atoms with Crippen molar-refractivity contribution in [2.45, 2.75) is 70.1 Å². The van der Waals surface area contributed by atoms with Gasteiger partial charge in [-0.1, -0.05) is 0 Å². The maximum Gasteiger partial charge on any atom is 0.428 e. The smallest absolute Gasteiger partial charge is 0.428 e. The quantitative estimate of drug-likeness (QED) is 0.417. The molecule has 1 saturated heterocycles. The number of halogens is 4. The number of methoxy groups -OCH3 is 1. The highest BCUT2D eigenvalue weighted by atomic mass is 19.4. The summed E-state index contributed by atoms with van der Waals surface area (Å²) in [6.45, 7) is 1.81. The predicted molar refractivity (Wildman–Crippen MR) is 111 cm³/mol. The van der Waals surface area contributed by atoms with Crippen LogP contribution in [0, 0.1) is 5.92 Å². The molecule has 0 aromatic carbocycles. The fourth-order valence-corrected chi connectivity index (χ4v) is 4.18. The van der Waals surface area contributed by atoms with E-state index >= 15 is 4.39 Å². The molecule has 5 atom stereocenters. The Kier molecular flexibility index (Phi) is 6.57. The largest absolute Gasteiger partial charge is 0.479 e. The van der Waals surface area contributed by atoms with Gasteiger partial charge in [0.05, 0.1) is 7.11 Å². The molecule has 3 heterocycles. The molecule has 2 aromatic rings. The lowest BCUT2D eigenvalue weighted by Gasteiger charge is -2.26. The minimum atomic E-state index is -5.24. The zero-order valence-electron chi connectivity index (χ0n) is 19.3. The van der Waals surface area contributed by atoms with Crippen molar-refractivity contribution in [3.05, 3.63) is 10.5 Å². The third-order valence-electron chi connectivity index (χ3n) is 5.79. The first-order valence-corrected chi connectivity index (χ1v) is 10.9. The number of nitrogen functional groups attached to an aromatic ring is 1. The van der Waals surface area contributed by atoms with Crippen molar-refractivity contribution >= 4 is 29.1 Å². The van der Waals surface area contributed by atoms with Gasteiger partial charge in [-0.25, -0.2) is 13.8 Å². The molecule has 4 unspecified atom stereocenters. The number of nitrogens with two attached hydrogens (primary N) is 1. The van der Waals surface area contributed by atoms with Crippen molar-refractivity contribution in [1.82, 2.24) is 19.1 Å². The molecule has 2 fully saturated rings. The van der Waals surface area contributed by atoms with Crippen molar-refractivity contribution in [3.8, 4) is 5.88 Å². The van der Waals surface area contributed by atoms with Crippen molar-refractivity contribution in [2.24, 2.45) is 5.92 Å². The molecule has 0 bridgehead atoms. The number of ether oxygens (including phenoxy) is 4. The normalized spacial score (nSPS) is 25.1. The van der Waals surface area contributed by atoms with E-state index in [0.29, 0.717) is 6.92 Å². The van der Waals surface area contributed by atoms with Crippen LogP contribution in [0.2, 0.25) is 0 Å². The van der Waals surface area contributed by atoms with Crippen LogP contribution in [0.25, 0.3) is 11.2 Å². The van der Waals surface area contributed by atoms with Gasteiger partial charge in [0.1, 0.15) is 6.10 Å². The molecule has 36 heavy (non-hydrogen) atoms. The Hall–Kier alpha value is -3.43. The molecule has 1 aliphatic carbocycles. The first-order valence-electron chi connectivity index (χ1n) is 10.9. The van der Waals surface area contributed by atoms with Gasteiger partial charge in [0, 0.05) is 20.4 Å². The summed E-state index contributed by atoms with van der Waals surface area (Å²) in [5.74, 6) is -2.70. The van der Waals surface area contributed by atoms with Crippen LogP contribution in [0.5, 0.6) is 5.88 Å². The summed E-state index contributed by atoms with van der Waals surface area (Å²) in [5, 5.41) is 0. The summed E-state index contributed by atoms with van der Waals surface area (Å²) in [6, 6.07) is 0. The van der Waals surface area contributed by atoms with Gasteiger partial charge in [-0.3, -0.25) is 14.2 Å². The molecule has 2 aromatic heterocycles. The monoisotopic (exact) mass is 521 g/mol. The SMILES string of the molecule is COc1nc(N)nc2c1n(CC1CC1)c(=O)n2C1OC([C@@H](OC(C)=O)C(F)(F)F)C(F)C1OC(C)=O. The molecule has 0 amide bonds. The zero-order chi connectivity index (χ0) is 26.5. The number of hydrogen-bond acceptors (Lipinski definition) is 10. The second kappa shape index (κ2) is 9.22. The maximum atomic E-state index is 15.5. The Morgan fingerprint density at radius 3 is 2.42 bits per heavy atom. The van der Waals surface area contributed by atoms with E-state index in [1.54, 1.807) is 0 Å². The van der Waals surface area contributed by atoms with Crippen LogP contribution in [0.1, 0.15) is 32.9 Å². The van der Waals surface area contributed by atoms with E-state index in [2.05, 4.69) is 14.7 Å². The number of anilines is 1. The summed E-state index contributed by atoms with van der Waals surface area (Å²) in [5.41, 5.74) is 4.72. The first kappa shape index (κ1) is 25.7. The van der Waals surface area contributed by atoms with E-state index in [9.17, 15) is 27.6 Å². The van der Waals surface area contributed by atoms with Crippen LogP contribution in [0.3, 0.4) is 0 Å². The standard InChI is InChI=1S/C20H23F4N5O7/c1-7(30)34-13-10(21)12(14(20(22,23)24)35-8(2)31)36-17(13)29-15-11(16(33-3)27-18(25)26-15)28(19(29)32)6-9-4-5-9/h9-10,12-14,17H,4-6H2,1-3H3,(H2,25,26,27)/t10?,12?,13?,14-,17?/m1/s1.